The zero-order valence-corrected chi connectivity index (χ0v) is 14.2. The number of aromatic carboxylic acids is 1. The number of hydrogen-bond donors (Lipinski definition) is 2. The fraction of sp³-hybridized carbons (Fsp3) is 0.235. The lowest BCUT2D eigenvalue weighted by Gasteiger charge is -2.11. The van der Waals surface area contributed by atoms with Crippen LogP contribution in [-0.4, -0.2) is 26.1 Å². The van der Waals surface area contributed by atoms with Crippen molar-refractivity contribution in [2.24, 2.45) is 5.92 Å². The van der Waals surface area contributed by atoms with Gasteiger partial charge in [0.05, 0.1) is 17.1 Å². The Balaban J connectivity index is 2.09. The first-order chi connectivity index (χ1) is 11.3. The normalized spacial score (nSPS) is 11.3. The average Bonchev–Trinajstić information content (AvgIpc) is 2.54. The molecular weight excluding hydrogens is 330 g/mol. The van der Waals surface area contributed by atoms with Gasteiger partial charge in [-0.15, -0.1) is 0 Å². The van der Waals surface area contributed by atoms with Crippen LogP contribution in [0.3, 0.4) is 0 Å². The Hall–Kier alpha value is -2.54. The highest BCUT2D eigenvalue weighted by molar-refractivity contribution is 7.92. The molecule has 6 nitrogen and oxygen atoms in total. The van der Waals surface area contributed by atoms with Crippen molar-refractivity contribution in [1.29, 1.82) is 0 Å². The van der Waals surface area contributed by atoms with Crippen LogP contribution < -0.4 is 9.46 Å². The van der Waals surface area contributed by atoms with Crippen LogP contribution in [0.1, 0.15) is 24.2 Å². The van der Waals surface area contributed by atoms with Crippen molar-refractivity contribution in [3.8, 4) is 5.75 Å². The minimum atomic E-state index is -3.78. The summed E-state index contributed by atoms with van der Waals surface area (Å²) in [5.74, 6) is -0.0432. The molecule has 2 aromatic rings. The van der Waals surface area contributed by atoms with Gasteiger partial charge in [0.15, 0.2) is 0 Å². The van der Waals surface area contributed by atoms with Gasteiger partial charge in [-0.3, -0.25) is 4.72 Å². The van der Waals surface area contributed by atoms with E-state index in [9.17, 15) is 13.2 Å². The van der Waals surface area contributed by atoms with Crippen molar-refractivity contribution >= 4 is 21.7 Å². The lowest BCUT2D eigenvalue weighted by atomic mass is 10.2. The standard InChI is InChI=1S/C17H19NO5S/c1-12(2)11-23-15-7-5-14(6-8-15)18-24(21,22)16-9-3-13(4-10-16)17(19)20/h3-10,12,18H,11H2,1-2H3,(H,19,20). The van der Waals surface area contributed by atoms with Crippen LogP contribution in [0.15, 0.2) is 53.4 Å². The van der Waals surface area contributed by atoms with E-state index in [-0.39, 0.29) is 10.5 Å². The van der Waals surface area contributed by atoms with Crippen LogP contribution in [0.5, 0.6) is 5.75 Å². The van der Waals surface area contributed by atoms with Gasteiger partial charge in [-0.2, -0.15) is 0 Å². The molecule has 0 fully saturated rings. The molecule has 0 spiro atoms. The fourth-order valence-corrected chi connectivity index (χ4v) is 2.93. The third-order valence-electron chi connectivity index (χ3n) is 3.10. The summed E-state index contributed by atoms with van der Waals surface area (Å²) in [5.41, 5.74) is 0.426. The summed E-state index contributed by atoms with van der Waals surface area (Å²) in [6, 6.07) is 11.6. The maximum Gasteiger partial charge on any atom is 0.335 e. The fourth-order valence-electron chi connectivity index (χ4n) is 1.87. The van der Waals surface area contributed by atoms with Crippen LogP contribution in [0.2, 0.25) is 0 Å². The second-order valence-electron chi connectivity index (χ2n) is 5.66. The second-order valence-corrected chi connectivity index (χ2v) is 7.35. The Bertz CT molecular complexity index is 796. The monoisotopic (exact) mass is 349 g/mol. The number of carbonyl (C=O) groups is 1. The quantitative estimate of drug-likeness (QED) is 0.800. The number of hydrogen-bond acceptors (Lipinski definition) is 4. The molecule has 0 saturated heterocycles. The van der Waals surface area contributed by atoms with Crippen molar-refractivity contribution in [1.82, 2.24) is 0 Å². The Morgan fingerprint density at radius 1 is 1.08 bits per heavy atom. The third kappa shape index (κ3) is 4.73. The van der Waals surface area contributed by atoms with E-state index in [1.807, 2.05) is 13.8 Å². The molecule has 0 saturated carbocycles. The van der Waals surface area contributed by atoms with Crippen LogP contribution >= 0.6 is 0 Å². The molecule has 7 heteroatoms. The Kier molecular flexibility index (Phi) is 5.46. The summed E-state index contributed by atoms with van der Waals surface area (Å²) >= 11 is 0. The molecule has 2 rings (SSSR count). The van der Waals surface area contributed by atoms with Gasteiger partial charge in [-0.1, -0.05) is 13.8 Å². The molecule has 2 N–H and O–H groups in total. The van der Waals surface area contributed by atoms with Crippen molar-refractivity contribution in [3.63, 3.8) is 0 Å². The molecule has 0 aliphatic carbocycles. The first kappa shape index (κ1) is 17.8. The highest BCUT2D eigenvalue weighted by Crippen LogP contribution is 2.20. The molecule has 128 valence electrons. The molecular formula is C17H19NO5S. The van der Waals surface area contributed by atoms with Gasteiger partial charge in [0.25, 0.3) is 10.0 Å². The second kappa shape index (κ2) is 7.35. The van der Waals surface area contributed by atoms with Gasteiger partial charge in [0.2, 0.25) is 0 Å². The van der Waals surface area contributed by atoms with Gasteiger partial charge < -0.3 is 9.84 Å². The predicted molar refractivity (Wildman–Crippen MR) is 91.0 cm³/mol. The number of sulfonamides is 1. The molecule has 0 aliphatic heterocycles. The number of carboxylic acids is 1. The lowest BCUT2D eigenvalue weighted by Crippen LogP contribution is -2.13. The van der Waals surface area contributed by atoms with E-state index in [0.29, 0.717) is 24.0 Å². The maximum atomic E-state index is 12.3. The summed E-state index contributed by atoms with van der Waals surface area (Å²) in [7, 11) is -3.78. The highest BCUT2D eigenvalue weighted by atomic mass is 32.2. The number of carboxylic acid groups (broad SMARTS) is 1. The maximum absolute atomic E-state index is 12.3. The Morgan fingerprint density at radius 3 is 2.17 bits per heavy atom. The van der Waals surface area contributed by atoms with E-state index < -0.39 is 16.0 Å². The average molecular weight is 349 g/mol. The van der Waals surface area contributed by atoms with Crippen molar-refractivity contribution in [3.05, 3.63) is 54.1 Å². The molecule has 0 aromatic heterocycles. The number of nitrogens with one attached hydrogen (secondary N) is 1. The minimum Gasteiger partial charge on any atom is -0.493 e. The summed E-state index contributed by atoms with van der Waals surface area (Å²) < 4.78 is 32.6. The molecule has 0 amide bonds. The number of ether oxygens (including phenoxy) is 1. The lowest BCUT2D eigenvalue weighted by molar-refractivity contribution is 0.0696. The van der Waals surface area contributed by atoms with Crippen LogP contribution in [0.25, 0.3) is 0 Å². The van der Waals surface area contributed by atoms with Crippen LogP contribution in [-0.2, 0) is 10.0 Å². The van der Waals surface area contributed by atoms with E-state index in [4.69, 9.17) is 9.84 Å². The molecule has 0 unspecified atom stereocenters. The molecule has 2 aromatic carbocycles. The van der Waals surface area contributed by atoms with E-state index in [0.717, 1.165) is 0 Å². The largest absolute Gasteiger partial charge is 0.493 e. The van der Waals surface area contributed by atoms with Gasteiger partial charge in [-0.25, -0.2) is 13.2 Å². The van der Waals surface area contributed by atoms with Gasteiger partial charge in [0, 0.05) is 5.69 Å². The summed E-state index contributed by atoms with van der Waals surface area (Å²) in [6.07, 6.45) is 0. The summed E-state index contributed by atoms with van der Waals surface area (Å²) in [5, 5.41) is 8.84. The molecule has 0 heterocycles. The minimum absolute atomic E-state index is 0.00682. The molecule has 0 bridgehead atoms. The van der Waals surface area contributed by atoms with Gasteiger partial charge >= 0.3 is 5.97 Å². The van der Waals surface area contributed by atoms with Crippen LogP contribution in [0, 0.1) is 5.92 Å². The van der Waals surface area contributed by atoms with Crippen molar-refractivity contribution in [2.45, 2.75) is 18.7 Å². The van der Waals surface area contributed by atoms with Gasteiger partial charge in [0.1, 0.15) is 5.75 Å². The molecule has 0 atom stereocenters. The number of rotatable bonds is 7. The summed E-state index contributed by atoms with van der Waals surface area (Å²) in [6.45, 7) is 4.66. The van der Waals surface area contributed by atoms with Crippen LogP contribution in [0.4, 0.5) is 5.69 Å². The van der Waals surface area contributed by atoms with E-state index >= 15 is 0 Å². The topological polar surface area (TPSA) is 92.7 Å². The smallest absolute Gasteiger partial charge is 0.335 e. The van der Waals surface area contributed by atoms with E-state index in [1.165, 1.54) is 24.3 Å². The van der Waals surface area contributed by atoms with Crippen molar-refractivity contribution in [2.75, 3.05) is 11.3 Å². The van der Waals surface area contributed by atoms with E-state index in [1.54, 1.807) is 24.3 Å². The molecule has 0 aliphatic rings. The third-order valence-corrected chi connectivity index (χ3v) is 4.50. The zero-order chi connectivity index (χ0) is 17.7. The molecule has 0 radical (unpaired) electrons. The highest BCUT2D eigenvalue weighted by Gasteiger charge is 2.15. The predicted octanol–water partition coefficient (Wildman–Crippen LogP) is 3.22. The molecule has 24 heavy (non-hydrogen) atoms. The summed E-state index contributed by atoms with van der Waals surface area (Å²) in [4.78, 5) is 10.8. The Labute approximate surface area is 141 Å². The van der Waals surface area contributed by atoms with Crippen molar-refractivity contribution < 1.29 is 23.1 Å². The van der Waals surface area contributed by atoms with Gasteiger partial charge in [-0.05, 0) is 54.4 Å². The SMILES string of the molecule is CC(C)COc1ccc(NS(=O)(=O)c2ccc(C(=O)O)cc2)cc1. The zero-order valence-electron chi connectivity index (χ0n) is 13.4. The Morgan fingerprint density at radius 2 is 1.67 bits per heavy atom. The van der Waals surface area contributed by atoms with E-state index in [2.05, 4.69) is 4.72 Å². The number of anilines is 1. The first-order valence-electron chi connectivity index (χ1n) is 7.37. The number of benzene rings is 2. The first-order valence-corrected chi connectivity index (χ1v) is 8.85.